The molecule has 0 aliphatic carbocycles. The number of benzene rings is 1. The minimum atomic E-state index is -3.49. The molecule has 0 fully saturated rings. The maximum atomic E-state index is 12.2. The maximum Gasteiger partial charge on any atom is 0.240 e. The van der Waals surface area contributed by atoms with Crippen molar-refractivity contribution in [3.8, 4) is 0 Å². The van der Waals surface area contributed by atoms with Crippen molar-refractivity contribution in [2.24, 2.45) is 0 Å². The lowest BCUT2D eigenvalue weighted by molar-refractivity contribution is 0.581. The van der Waals surface area contributed by atoms with Crippen molar-refractivity contribution in [1.82, 2.24) is 15.0 Å². The van der Waals surface area contributed by atoms with Crippen LogP contribution in [0, 0.1) is 0 Å². The van der Waals surface area contributed by atoms with Gasteiger partial charge in [0.1, 0.15) is 0 Å². The van der Waals surface area contributed by atoms with Crippen LogP contribution in [0.3, 0.4) is 0 Å². The molecule has 0 aliphatic heterocycles. The first-order valence-corrected chi connectivity index (χ1v) is 8.22. The Bertz CT molecular complexity index is 655. The number of hydrogen-bond donors (Lipinski definition) is 2. The second kappa shape index (κ2) is 7.31. The van der Waals surface area contributed by atoms with Crippen LogP contribution in [-0.2, 0) is 23.0 Å². The summed E-state index contributed by atoms with van der Waals surface area (Å²) in [6.45, 7) is 1.10. The fourth-order valence-corrected chi connectivity index (χ4v) is 2.89. The fraction of sp³-hybridized carbons (Fsp3) is 0.267. The summed E-state index contributed by atoms with van der Waals surface area (Å²) in [7, 11) is -1.60. The smallest absolute Gasteiger partial charge is 0.240 e. The molecule has 0 radical (unpaired) electrons. The summed E-state index contributed by atoms with van der Waals surface area (Å²) in [5, 5.41) is 3.06. The van der Waals surface area contributed by atoms with Gasteiger partial charge >= 0.3 is 0 Å². The molecule has 0 amide bonds. The van der Waals surface area contributed by atoms with Crippen LogP contribution in [0.1, 0.15) is 11.1 Å². The largest absolute Gasteiger partial charge is 0.319 e. The van der Waals surface area contributed by atoms with Crippen molar-refractivity contribution in [3.05, 3.63) is 59.9 Å². The molecule has 112 valence electrons. The van der Waals surface area contributed by atoms with Crippen molar-refractivity contribution >= 4 is 10.0 Å². The van der Waals surface area contributed by atoms with Crippen LogP contribution in [0.4, 0.5) is 0 Å². The van der Waals surface area contributed by atoms with Crippen molar-refractivity contribution < 1.29 is 8.42 Å². The van der Waals surface area contributed by atoms with Gasteiger partial charge in [-0.3, -0.25) is 4.98 Å². The van der Waals surface area contributed by atoms with Gasteiger partial charge in [-0.25, -0.2) is 13.1 Å². The number of rotatable bonds is 7. The van der Waals surface area contributed by atoms with Gasteiger partial charge in [0, 0.05) is 18.9 Å². The third-order valence-corrected chi connectivity index (χ3v) is 4.50. The summed E-state index contributed by atoms with van der Waals surface area (Å²) in [4.78, 5) is 4.23. The molecule has 5 nitrogen and oxygen atoms in total. The molecular weight excluding hydrogens is 286 g/mol. The molecule has 6 heteroatoms. The Morgan fingerprint density at radius 3 is 2.48 bits per heavy atom. The van der Waals surface area contributed by atoms with Crippen LogP contribution >= 0.6 is 0 Å². The Balaban J connectivity index is 2.02. The summed E-state index contributed by atoms with van der Waals surface area (Å²) in [5.74, 6) is 0. The predicted molar refractivity (Wildman–Crippen MR) is 82.3 cm³/mol. The summed E-state index contributed by atoms with van der Waals surface area (Å²) in [5.41, 5.74) is 1.93. The first-order valence-electron chi connectivity index (χ1n) is 6.74. The molecule has 0 saturated heterocycles. The van der Waals surface area contributed by atoms with E-state index in [0.717, 1.165) is 24.1 Å². The Morgan fingerprint density at radius 1 is 1.10 bits per heavy atom. The third kappa shape index (κ3) is 4.63. The number of pyridine rings is 1. The lowest BCUT2D eigenvalue weighted by Gasteiger charge is -2.07. The van der Waals surface area contributed by atoms with E-state index in [1.807, 2.05) is 25.2 Å². The third-order valence-electron chi connectivity index (χ3n) is 3.09. The van der Waals surface area contributed by atoms with E-state index in [0.29, 0.717) is 0 Å². The highest BCUT2D eigenvalue weighted by atomic mass is 32.2. The molecule has 0 atom stereocenters. The van der Waals surface area contributed by atoms with Gasteiger partial charge in [-0.05, 0) is 49.3 Å². The summed E-state index contributed by atoms with van der Waals surface area (Å²) < 4.78 is 26.9. The van der Waals surface area contributed by atoms with E-state index in [1.54, 1.807) is 30.6 Å². The molecule has 0 aliphatic rings. The first kappa shape index (κ1) is 15.6. The molecule has 2 rings (SSSR count). The van der Waals surface area contributed by atoms with E-state index in [4.69, 9.17) is 0 Å². The number of nitrogens with zero attached hydrogens (tertiary/aromatic N) is 1. The fourth-order valence-electron chi connectivity index (χ4n) is 1.87. The topological polar surface area (TPSA) is 71.1 Å². The highest BCUT2D eigenvalue weighted by Crippen LogP contribution is 2.11. The predicted octanol–water partition coefficient (Wildman–Crippen LogP) is 1.32. The van der Waals surface area contributed by atoms with E-state index in [9.17, 15) is 8.42 Å². The molecule has 1 heterocycles. The van der Waals surface area contributed by atoms with Crippen LogP contribution in [0.5, 0.6) is 0 Å². The zero-order valence-corrected chi connectivity index (χ0v) is 12.7. The summed E-state index contributed by atoms with van der Waals surface area (Å²) >= 11 is 0. The van der Waals surface area contributed by atoms with Gasteiger partial charge < -0.3 is 5.32 Å². The molecule has 2 N–H and O–H groups in total. The second-order valence-electron chi connectivity index (χ2n) is 4.68. The number of hydrogen-bond acceptors (Lipinski definition) is 4. The molecule has 0 spiro atoms. The lowest BCUT2D eigenvalue weighted by Crippen LogP contribution is -2.23. The van der Waals surface area contributed by atoms with Gasteiger partial charge in [0.05, 0.1) is 4.90 Å². The number of sulfonamides is 1. The lowest BCUT2D eigenvalue weighted by atomic mass is 10.1. The normalized spacial score (nSPS) is 11.5. The zero-order valence-electron chi connectivity index (χ0n) is 11.9. The van der Waals surface area contributed by atoms with Crippen molar-refractivity contribution in [2.45, 2.75) is 17.9 Å². The summed E-state index contributed by atoms with van der Waals surface area (Å²) in [6, 6.07) is 10.6. The molecule has 2 aromatic rings. The van der Waals surface area contributed by atoms with E-state index in [2.05, 4.69) is 15.0 Å². The Labute approximate surface area is 125 Å². The molecule has 1 aromatic heterocycles. The van der Waals surface area contributed by atoms with Gasteiger partial charge in [-0.2, -0.15) is 0 Å². The van der Waals surface area contributed by atoms with Crippen LogP contribution in [0.25, 0.3) is 0 Å². The Hall–Kier alpha value is -1.76. The molecule has 1 aromatic carbocycles. The number of nitrogens with one attached hydrogen (secondary N) is 2. The first-order chi connectivity index (χ1) is 10.1. The Kier molecular flexibility index (Phi) is 5.44. The maximum absolute atomic E-state index is 12.2. The molecule has 0 unspecified atom stereocenters. The SMILES string of the molecule is CNCCc1ccc(S(=O)(=O)NCc2cccnc2)cc1. The van der Waals surface area contributed by atoms with Crippen LogP contribution in [0.15, 0.2) is 53.7 Å². The van der Waals surface area contributed by atoms with E-state index in [-0.39, 0.29) is 11.4 Å². The number of aromatic nitrogens is 1. The molecule has 0 saturated carbocycles. The van der Waals surface area contributed by atoms with E-state index >= 15 is 0 Å². The highest BCUT2D eigenvalue weighted by molar-refractivity contribution is 7.89. The molecule has 21 heavy (non-hydrogen) atoms. The molecule has 0 bridgehead atoms. The second-order valence-corrected chi connectivity index (χ2v) is 6.45. The standard InChI is InChI=1S/C15H19N3O2S/c1-16-10-8-13-4-6-15(7-5-13)21(19,20)18-12-14-3-2-9-17-11-14/h2-7,9,11,16,18H,8,10,12H2,1H3. The van der Waals surface area contributed by atoms with E-state index in [1.165, 1.54) is 0 Å². The van der Waals surface area contributed by atoms with Crippen LogP contribution < -0.4 is 10.0 Å². The van der Waals surface area contributed by atoms with Crippen molar-refractivity contribution in [2.75, 3.05) is 13.6 Å². The van der Waals surface area contributed by atoms with Gasteiger partial charge in [-0.1, -0.05) is 18.2 Å². The molecular formula is C15H19N3O2S. The average molecular weight is 305 g/mol. The van der Waals surface area contributed by atoms with Crippen LogP contribution in [0.2, 0.25) is 0 Å². The Morgan fingerprint density at radius 2 is 1.86 bits per heavy atom. The minimum Gasteiger partial charge on any atom is -0.319 e. The minimum absolute atomic E-state index is 0.234. The highest BCUT2D eigenvalue weighted by Gasteiger charge is 2.13. The number of likely N-dealkylation sites (N-methyl/N-ethyl adjacent to an activating group) is 1. The van der Waals surface area contributed by atoms with Gasteiger partial charge in [-0.15, -0.1) is 0 Å². The van der Waals surface area contributed by atoms with Gasteiger partial charge in [0.2, 0.25) is 10.0 Å². The van der Waals surface area contributed by atoms with Crippen LogP contribution in [-0.4, -0.2) is 27.0 Å². The van der Waals surface area contributed by atoms with Gasteiger partial charge in [0.15, 0.2) is 0 Å². The zero-order chi connectivity index (χ0) is 15.1. The van der Waals surface area contributed by atoms with Crippen molar-refractivity contribution in [1.29, 1.82) is 0 Å². The quantitative estimate of drug-likeness (QED) is 0.809. The van der Waals surface area contributed by atoms with Crippen molar-refractivity contribution in [3.63, 3.8) is 0 Å². The van der Waals surface area contributed by atoms with E-state index < -0.39 is 10.0 Å². The van der Waals surface area contributed by atoms with Gasteiger partial charge in [0.25, 0.3) is 0 Å². The average Bonchev–Trinajstić information content (AvgIpc) is 2.52. The monoisotopic (exact) mass is 305 g/mol. The summed E-state index contributed by atoms with van der Waals surface area (Å²) in [6.07, 6.45) is 4.17.